The van der Waals surface area contributed by atoms with E-state index in [-0.39, 0.29) is 0 Å². The molecule has 0 bridgehead atoms. The number of rotatable bonds is 2. The van der Waals surface area contributed by atoms with Gasteiger partial charge in [-0.15, -0.1) is 0 Å². The zero-order chi connectivity index (χ0) is 8.97. The molecule has 1 aliphatic carbocycles. The predicted octanol–water partition coefficient (Wildman–Crippen LogP) is 3.13. The van der Waals surface area contributed by atoms with E-state index in [1.54, 1.807) is 0 Å². The fourth-order valence-corrected chi connectivity index (χ4v) is 1.67. The van der Waals surface area contributed by atoms with Gasteiger partial charge in [0.1, 0.15) is 6.26 Å². The molecular formula is C10H16O2. The summed E-state index contributed by atoms with van der Waals surface area (Å²) in [5, 5.41) is 8.20. The van der Waals surface area contributed by atoms with Gasteiger partial charge in [-0.05, 0) is 44.1 Å². The summed E-state index contributed by atoms with van der Waals surface area (Å²) < 4.78 is 0. The first kappa shape index (κ1) is 9.33. The van der Waals surface area contributed by atoms with Gasteiger partial charge in [0.2, 0.25) is 0 Å². The second kappa shape index (κ2) is 4.31. The summed E-state index contributed by atoms with van der Waals surface area (Å²) in [5.74, 6) is 0.667. The van der Waals surface area contributed by atoms with Crippen molar-refractivity contribution in [3.63, 3.8) is 0 Å². The minimum Gasteiger partial charge on any atom is -0.348 e. The first-order chi connectivity index (χ1) is 5.74. The predicted molar refractivity (Wildman–Crippen MR) is 48.6 cm³/mol. The summed E-state index contributed by atoms with van der Waals surface area (Å²) in [4.78, 5) is 3.99. The van der Waals surface area contributed by atoms with E-state index in [1.165, 1.54) is 17.4 Å². The SMILES string of the molecule is C=C(C)C1CCC(=COO)CC1. The van der Waals surface area contributed by atoms with Gasteiger partial charge in [-0.1, -0.05) is 12.2 Å². The van der Waals surface area contributed by atoms with E-state index in [2.05, 4.69) is 18.4 Å². The first-order valence-electron chi connectivity index (χ1n) is 4.37. The van der Waals surface area contributed by atoms with Gasteiger partial charge in [0.05, 0.1) is 0 Å². The number of hydrogen-bond donors (Lipinski definition) is 1. The van der Waals surface area contributed by atoms with Crippen LogP contribution in [0.25, 0.3) is 0 Å². The molecule has 0 spiro atoms. The lowest BCUT2D eigenvalue weighted by Gasteiger charge is -2.23. The normalized spacial score (nSPS) is 23.5. The number of allylic oxidation sites excluding steroid dienone is 2. The van der Waals surface area contributed by atoms with E-state index in [4.69, 9.17) is 5.26 Å². The highest BCUT2D eigenvalue weighted by atomic mass is 17.1. The molecule has 0 aromatic heterocycles. The van der Waals surface area contributed by atoms with Crippen molar-refractivity contribution in [3.05, 3.63) is 24.0 Å². The molecule has 0 atom stereocenters. The molecule has 1 rings (SSSR count). The Bertz CT molecular complexity index is 184. The van der Waals surface area contributed by atoms with Crippen LogP contribution in [0.2, 0.25) is 0 Å². The second-order valence-electron chi connectivity index (χ2n) is 3.50. The van der Waals surface area contributed by atoms with Crippen LogP contribution in [0.5, 0.6) is 0 Å². The average Bonchev–Trinajstić information content (AvgIpc) is 2.06. The van der Waals surface area contributed by atoms with Crippen molar-refractivity contribution < 1.29 is 10.1 Å². The highest BCUT2D eigenvalue weighted by molar-refractivity contribution is 5.07. The van der Waals surface area contributed by atoms with Crippen LogP contribution in [0.4, 0.5) is 0 Å². The molecule has 0 amide bonds. The van der Waals surface area contributed by atoms with Gasteiger partial charge in [0, 0.05) is 0 Å². The Balaban J connectivity index is 2.39. The summed E-state index contributed by atoms with van der Waals surface area (Å²) in [6.45, 7) is 6.03. The van der Waals surface area contributed by atoms with Crippen molar-refractivity contribution in [2.45, 2.75) is 32.6 Å². The molecule has 12 heavy (non-hydrogen) atoms. The smallest absolute Gasteiger partial charge is 0.128 e. The van der Waals surface area contributed by atoms with Crippen LogP contribution in [-0.2, 0) is 4.89 Å². The van der Waals surface area contributed by atoms with Gasteiger partial charge in [-0.2, -0.15) is 0 Å². The van der Waals surface area contributed by atoms with Crippen LogP contribution >= 0.6 is 0 Å². The first-order valence-corrected chi connectivity index (χ1v) is 4.37. The maximum atomic E-state index is 8.20. The summed E-state index contributed by atoms with van der Waals surface area (Å²) in [5.41, 5.74) is 2.48. The molecule has 1 N–H and O–H groups in total. The van der Waals surface area contributed by atoms with Crippen molar-refractivity contribution in [2.24, 2.45) is 5.92 Å². The summed E-state index contributed by atoms with van der Waals surface area (Å²) >= 11 is 0. The Labute approximate surface area is 73.5 Å². The van der Waals surface area contributed by atoms with Gasteiger partial charge in [-0.25, -0.2) is 5.26 Å². The van der Waals surface area contributed by atoms with Gasteiger partial charge in [0.15, 0.2) is 0 Å². The molecule has 2 nitrogen and oxygen atoms in total. The summed E-state index contributed by atoms with van der Waals surface area (Å²) in [6.07, 6.45) is 5.79. The molecule has 1 fully saturated rings. The van der Waals surface area contributed by atoms with Crippen LogP contribution in [0.1, 0.15) is 32.6 Å². The highest BCUT2D eigenvalue weighted by Gasteiger charge is 2.16. The molecule has 0 aliphatic heterocycles. The van der Waals surface area contributed by atoms with Crippen molar-refractivity contribution >= 4 is 0 Å². The second-order valence-corrected chi connectivity index (χ2v) is 3.50. The fourth-order valence-electron chi connectivity index (χ4n) is 1.67. The average molecular weight is 168 g/mol. The largest absolute Gasteiger partial charge is 0.348 e. The van der Waals surface area contributed by atoms with Gasteiger partial charge in [0.25, 0.3) is 0 Å². The van der Waals surface area contributed by atoms with E-state index in [9.17, 15) is 0 Å². The van der Waals surface area contributed by atoms with Crippen molar-refractivity contribution in [2.75, 3.05) is 0 Å². The zero-order valence-electron chi connectivity index (χ0n) is 7.55. The van der Waals surface area contributed by atoms with E-state index in [0.29, 0.717) is 5.92 Å². The molecule has 0 aromatic rings. The van der Waals surface area contributed by atoms with Gasteiger partial charge >= 0.3 is 0 Å². The van der Waals surface area contributed by atoms with Gasteiger partial charge < -0.3 is 4.89 Å². The van der Waals surface area contributed by atoms with Crippen LogP contribution in [0.3, 0.4) is 0 Å². The summed E-state index contributed by atoms with van der Waals surface area (Å²) in [7, 11) is 0. The van der Waals surface area contributed by atoms with Gasteiger partial charge in [-0.3, -0.25) is 0 Å². The maximum absolute atomic E-state index is 8.20. The molecule has 0 aromatic carbocycles. The lowest BCUT2D eigenvalue weighted by Crippen LogP contribution is -2.08. The van der Waals surface area contributed by atoms with Crippen molar-refractivity contribution in [1.82, 2.24) is 0 Å². The summed E-state index contributed by atoms with van der Waals surface area (Å²) in [6, 6.07) is 0. The topological polar surface area (TPSA) is 29.5 Å². The number of hydrogen-bond acceptors (Lipinski definition) is 2. The lowest BCUT2D eigenvalue weighted by molar-refractivity contribution is -0.187. The van der Waals surface area contributed by atoms with Crippen LogP contribution in [0.15, 0.2) is 24.0 Å². The molecule has 68 valence electrons. The minimum absolute atomic E-state index is 0.667. The van der Waals surface area contributed by atoms with Crippen LogP contribution < -0.4 is 0 Å². The quantitative estimate of drug-likeness (QED) is 0.297. The van der Waals surface area contributed by atoms with Crippen LogP contribution in [0, 0.1) is 5.92 Å². The molecule has 1 saturated carbocycles. The zero-order valence-corrected chi connectivity index (χ0v) is 7.55. The maximum Gasteiger partial charge on any atom is 0.128 e. The minimum atomic E-state index is 0.667. The van der Waals surface area contributed by atoms with E-state index < -0.39 is 0 Å². The third kappa shape index (κ3) is 2.38. The van der Waals surface area contributed by atoms with Crippen molar-refractivity contribution in [3.8, 4) is 0 Å². The van der Waals surface area contributed by atoms with E-state index in [1.807, 2.05) is 0 Å². The standard InChI is InChI=1S/C10H16O2/c1-8(2)10-5-3-9(4-6-10)7-12-11/h7,10-11H,1,3-6H2,2H3. The Hall–Kier alpha value is -0.760. The monoisotopic (exact) mass is 168 g/mol. The molecule has 2 heteroatoms. The Kier molecular flexibility index (Phi) is 3.35. The molecule has 0 unspecified atom stereocenters. The highest BCUT2D eigenvalue weighted by Crippen LogP contribution is 2.31. The Morgan fingerprint density at radius 2 is 2.17 bits per heavy atom. The Morgan fingerprint density at radius 3 is 2.58 bits per heavy atom. The Morgan fingerprint density at radius 1 is 1.58 bits per heavy atom. The molecule has 1 aliphatic rings. The third-order valence-corrected chi connectivity index (χ3v) is 2.54. The fraction of sp³-hybridized carbons (Fsp3) is 0.600. The van der Waals surface area contributed by atoms with E-state index in [0.717, 1.165) is 25.7 Å². The van der Waals surface area contributed by atoms with Crippen LogP contribution in [-0.4, -0.2) is 5.26 Å². The van der Waals surface area contributed by atoms with E-state index >= 15 is 0 Å². The van der Waals surface area contributed by atoms with Crippen molar-refractivity contribution in [1.29, 1.82) is 0 Å². The molecule has 0 saturated heterocycles. The molecule has 0 heterocycles. The lowest BCUT2D eigenvalue weighted by atomic mass is 9.83. The molecule has 0 radical (unpaired) electrons. The third-order valence-electron chi connectivity index (χ3n) is 2.54. The molecular weight excluding hydrogens is 152 g/mol.